The molecule has 2 heterocycles. The van der Waals surface area contributed by atoms with Crippen LogP contribution in [0.1, 0.15) is 17.5 Å². The first-order valence-corrected chi connectivity index (χ1v) is 10.8. The third kappa shape index (κ3) is 4.87. The number of H-pyrrole nitrogens is 1. The Morgan fingerprint density at radius 1 is 1.21 bits per heavy atom. The van der Waals surface area contributed by atoms with Crippen LogP contribution < -0.4 is 11.1 Å². The second kappa shape index (κ2) is 8.81. The summed E-state index contributed by atoms with van der Waals surface area (Å²) in [5.41, 5.74) is 7.14. The molecule has 29 heavy (non-hydrogen) atoms. The molecule has 1 atom stereocenters. The molecular weight excluding hydrogens is 454 g/mol. The van der Waals surface area contributed by atoms with E-state index in [1.807, 2.05) is 48.7 Å². The van der Waals surface area contributed by atoms with E-state index in [2.05, 4.69) is 48.2 Å². The smallest absolute Gasteiger partial charge is 0.277 e. The van der Waals surface area contributed by atoms with Gasteiger partial charge < -0.3 is 20.5 Å². The lowest BCUT2D eigenvalue weighted by molar-refractivity contribution is -0.431. The van der Waals surface area contributed by atoms with E-state index in [-0.39, 0.29) is 17.7 Å². The first kappa shape index (κ1) is 19.7. The third-order valence-electron chi connectivity index (χ3n) is 4.37. The van der Waals surface area contributed by atoms with Gasteiger partial charge in [0.2, 0.25) is 5.91 Å². The number of hydrogen-bond donors (Lipinski definition) is 3. The molecule has 5 N–H and O–H groups in total. The van der Waals surface area contributed by atoms with Crippen LogP contribution >= 0.6 is 27.7 Å². The van der Waals surface area contributed by atoms with Crippen LogP contribution in [0.5, 0.6) is 0 Å². The number of thioether (sulfide) groups is 1. The molecule has 7 nitrogen and oxygen atoms in total. The number of carbonyl (C=O) groups is 1. The van der Waals surface area contributed by atoms with Gasteiger partial charge in [-0.25, -0.2) is 0 Å². The van der Waals surface area contributed by atoms with E-state index in [9.17, 15) is 4.79 Å². The summed E-state index contributed by atoms with van der Waals surface area (Å²) < 4.78 is 6.66. The lowest BCUT2D eigenvalue weighted by Crippen LogP contribution is -2.54. The van der Waals surface area contributed by atoms with Crippen LogP contribution in [-0.4, -0.2) is 26.8 Å². The summed E-state index contributed by atoms with van der Waals surface area (Å²) >= 11 is 4.57. The van der Waals surface area contributed by atoms with Crippen molar-refractivity contribution in [1.82, 2.24) is 15.2 Å². The fourth-order valence-electron chi connectivity index (χ4n) is 2.95. The fraction of sp³-hybridized carbons (Fsp3) is 0.150. The number of rotatable bonds is 7. The molecule has 148 valence electrons. The number of aromatic nitrogens is 3. The fourth-order valence-corrected chi connectivity index (χ4v) is 3.79. The summed E-state index contributed by atoms with van der Waals surface area (Å²) in [5.74, 6) is 0.509. The van der Waals surface area contributed by atoms with Crippen molar-refractivity contribution < 1.29 is 14.9 Å². The van der Waals surface area contributed by atoms with Crippen LogP contribution in [0.2, 0.25) is 0 Å². The summed E-state index contributed by atoms with van der Waals surface area (Å²) in [4.78, 5) is 15.4. The second-order valence-electron chi connectivity index (χ2n) is 6.51. The molecular formula is C20H19BrN5O2S+. The molecule has 2 aromatic carbocycles. The summed E-state index contributed by atoms with van der Waals surface area (Å²) in [5, 5.41) is 12.5. The number of benzene rings is 2. The highest BCUT2D eigenvalue weighted by molar-refractivity contribution is 9.10. The van der Waals surface area contributed by atoms with Gasteiger partial charge >= 0.3 is 0 Å². The van der Waals surface area contributed by atoms with Gasteiger partial charge in [-0.05, 0) is 35.9 Å². The van der Waals surface area contributed by atoms with Crippen molar-refractivity contribution in [2.75, 3.05) is 11.1 Å². The Balaban J connectivity index is 1.33. The highest BCUT2D eigenvalue weighted by Gasteiger charge is 2.20. The Labute approximate surface area is 179 Å². The molecule has 0 saturated heterocycles. The quantitative estimate of drug-likeness (QED) is 0.356. The average molecular weight is 473 g/mol. The van der Waals surface area contributed by atoms with Crippen molar-refractivity contribution in [2.45, 2.75) is 17.7 Å². The molecule has 0 saturated carbocycles. The number of anilines is 1. The Kier molecular flexibility index (Phi) is 5.98. The Morgan fingerprint density at radius 2 is 2.00 bits per heavy atom. The molecule has 4 aromatic rings. The minimum absolute atomic E-state index is 0.137. The van der Waals surface area contributed by atoms with E-state index in [4.69, 9.17) is 4.42 Å². The maximum absolute atomic E-state index is 12.1. The van der Waals surface area contributed by atoms with E-state index in [1.54, 1.807) is 0 Å². The van der Waals surface area contributed by atoms with Crippen molar-refractivity contribution in [3.8, 4) is 0 Å². The lowest BCUT2D eigenvalue weighted by Gasteiger charge is -2.04. The van der Waals surface area contributed by atoms with Gasteiger partial charge in [0.1, 0.15) is 0 Å². The van der Waals surface area contributed by atoms with E-state index in [0.717, 1.165) is 21.2 Å². The first-order chi connectivity index (χ1) is 14.1. The Bertz CT molecular complexity index is 1130. The predicted molar refractivity (Wildman–Crippen MR) is 115 cm³/mol. The monoisotopic (exact) mass is 472 g/mol. The van der Waals surface area contributed by atoms with E-state index in [0.29, 0.717) is 17.5 Å². The first-order valence-electron chi connectivity index (χ1n) is 8.98. The number of nitrogens with one attached hydrogen (secondary N) is 2. The number of para-hydroxylation sites is 1. The maximum atomic E-state index is 12.1. The molecule has 0 aliphatic carbocycles. The number of carbonyl (C=O) groups excluding carboxylic acids is 1. The van der Waals surface area contributed by atoms with Crippen molar-refractivity contribution >= 4 is 50.2 Å². The molecule has 0 bridgehead atoms. The molecule has 0 spiro atoms. The Hall–Kier alpha value is -2.62. The zero-order valence-electron chi connectivity index (χ0n) is 15.4. The molecule has 9 heteroatoms. The minimum atomic E-state index is -0.173. The summed E-state index contributed by atoms with van der Waals surface area (Å²) in [6.45, 7) is 0. The zero-order valence-corrected chi connectivity index (χ0v) is 17.8. The SMILES string of the molecule is [NH3+]C(Cc1c[nH]c2ccccc12)c1nnc(SCC(=O)Nc2ccc(Br)cc2)o1. The van der Waals surface area contributed by atoms with E-state index >= 15 is 0 Å². The van der Waals surface area contributed by atoms with Crippen LogP contribution in [0.25, 0.3) is 10.9 Å². The summed E-state index contributed by atoms with van der Waals surface area (Å²) in [6, 6.07) is 15.4. The van der Waals surface area contributed by atoms with Gasteiger partial charge in [-0.2, -0.15) is 0 Å². The highest BCUT2D eigenvalue weighted by Crippen LogP contribution is 2.24. The number of amides is 1. The van der Waals surface area contributed by atoms with E-state index < -0.39 is 0 Å². The maximum Gasteiger partial charge on any atom is 0.277 e. The van der Waals surface area contributed by atoms with E-state index in [1.165, 1.54) is 17.1 Å². The lowest BCUT2D eigenvalue weighted by atomic mass is 10.1. The number of aromatic amines is 1. The average Bonchev–Trinajstić information content (AvgIpc) is 3.36. The van der Waals surface area contributed by atoms with Gasteiger partial charge in [0.15, 0.2) is 6.04 Å². The molecule has 0 radical (unpaired) electrons. The number of nitrogens with zero attached hydrogens (tertiary/aromatic N) is 2. The largest absolute Gasteiger partial charge is 0.410 e. The molecule has 2 aromatic heterocycles. The minimum Gasteiger partial charge on any atom is -0.410 e. The van der Waals surface area contributed by atoms with Gasteiger partial charge in [0.25, 0.3) is 11.1 Å². The molecule has 1 unspecified atom stereocenters. The molecule has 0 aliphatic rings. The van der Waals surface area contributed by atoms with Crippen molar-refractivity contribution in [3.63, 3.8) is 0 Å². The molecule has 1 amide bonds. The van der Waals surface area contributed by atoms with Crippen molar-refractivity contribution in [2.24, 2.45) is 0 Å². The van der Waals surface area contributed by atoms with Crippen molar-refractivity contribution in [1.29, 1.82) is 0 Å². The van der Waals surface area contributed by atoms with Crippen molar-refractivity contribution in [3.05, 3.63) is 70.7 Å². The normalized spacial score (nSPS) is 12.2. The molecule has 4 rings (SSSR count). The van der Waals surface area contributed by atoms with Gasteiger partial charge in [-0.1, -0.05) is 45.9 Å². The summed E-state index contributed by atoms with van der Waals surface area (Å²) in [7, 11) is 0. The van der Waals surface area contributed by atoms with Gasteiger partial charge in [-0.3, -0.25) is 4.79 Å². The Morgan fingerprint density at radius 3 is 2.83 bits per heavy atom. The van der Waals surface area contributed by atoms with Gasteiger partial charge in [-0.15, -0.1) is 10.2 Å². The number of quaternary nitrogens is 1. The van der Waals surface area contributed by atoms with Crippen LogP contribution in [0.15, 0.2) is 68.8 Å². The topological polar surface area (TPSA) is 111 Å². The second-order valence-corrected chi connectivity index (χ2v) is 8.35. The third-order valence-corrected chi connectivity index (χ3v) is 5.71. The number of halogens is 1. The summed E-state index contributed by atoms with van der Waals surface area (Å²) in [6.07, 6.45) is 2.67. The van der Waals surface area contributed by atoms with Crippen LogP contribution in [-0.2, 0) is 11.2 Å². The molecule has 0 aliphatic heterocycles. The van der Waals surface area contributed by atoms with Crippen LogP contribution in [0.3, 0.4) is 0 Å². The number of hydrogen-bond acceptors (Lipinski definition) is 5. The van der Waals surface area contributed by atoms with Crippen LogP contribution in [0, 0.1) is 0 Å². The standard InChI is InChI=1S/C20H18BrN5O2S/c21-13-5-7-14(8-6-13)24-18(27)11-29-20-26-25-19(28-20)16(22)9-12-10-23-17-4-2-1-3-15(12)17/h1-8,10,16,23H,9,11,22H2,(H,24,27)/p+1. The zero-order chi connectivity index (χ0) is 20.2. The predicted octanol–water partition coefficient (Wildman–Crippen LogP) is 3.57. The number of fused-ring (bicyclic) bond motifs is 1. The van der Waals surface area contributed by atoms with Gasteiger partial charge in [0.05, 0.1) is 5.75 Å². The van der Waals surface area contributed by atoms with Crippen LogP contribution in [0.4, 0.5) is 5.69 Å². The highest BCUT2D eigenvalue weighted by atomic mass is 79.9. The molecule has 0 fully saturated rings. The van der Waals surface area contributed by atoms with Gasteiger partial charge in [0, 0.05) is 33.7 Å².